The lowest BCUT2D eigenvalue weighted by atomic mass is 9.74. The number of Topliss-reactive ketones (excluding diaryl/α,β-unsaturated/α-hetero) is 1. The highest BCUT2D eigenvalue weighted by Crippen LogP contribution is 2.46. The largest absolute Gasteiger partial charge is 0.503 e. The highest BCUT2D eigenvalue weighted by Gasteiger charge is 2.40. The Bertz CT molecular complexity index is 963. The zero-order chi connectivity index (χ0) is 21.4. The first-order valence-corrected chi connectivity index (χ1v) is 10.9. The molecule has 1 atom stereocenters. The van der Waals surface area contributed by atoms with Gasteiger partial charge in [0.25, 0.3) is 5.91 Å². The van der Waals surface area contributed by atoms with Crippen molar-refractivity contribution in [2.75, 3.05) is 33.4 Å². The van der Waals surface area contributed by atoms with Gasteiger partial charge in [-0.2, -0.15) is 0 Å². The van der Waals surface area contributed by atoms with Crippen LogP contribution in [0.2, 0.25) is 0 Å². The Hall–Kier alpha value is -2.32. The summed E-state index contributed by atoms with van der Waals surface area (Å²) in [5, 5.41) is 13.6. The third kappa shape index (κ3) is 3.63. The van der Waals surface area contributed by atoms with Crippen LogP contribution in [0.3, 0.4) is 0 Å². The first kappa shape index (κ1) is 20.9. The molecule has 2 aliphatic heterocycles. The van der Waals surface area contributed by atoms with Gasteiger partial charge in [0.15, 0.2) is 17.3 Å². The maximum atomic E-state index is 13.6. The van der Waals surface area contributed by atoms with E-state index in [-0.39, 0.29) is 17.4 Å². The first-order chi connectivity index (χ1) is 14.4. The number of ether oxygens (including phenoxy) is 2. The van der Waals surface area contributed by atoms with Crippen LogP contribution in [-0.2, 0) is 14.3 Å². The molecule has 0 radical (unpaired) electrons. The molecule has 2 N–H and O–H groups in total. The summed E-state index contributed by atoms with van der Waals surface area (Å²) >= 11 is 3.38. The van der Waals surface area contributed by atoms with Crippen LogP contribution < -0.4 is 10.1 Å². The number of nitrogens with zero attached hydrogens (tertiary/aromatic N) is 1. The fourth-order valence-corrected chi connectivity index (χ4v) is 4.91. The summed E-state index contributed by atoms with van der Waals surface area (Å²) in [6.45, 7) is 3.93. The van der Waals surface area contributed by atoms with Crippen molar-refractivity contribution in [3.8, 4) is 11.5 Å². The summed E-state index contributed by atoms with van der Waals surface area (Å²) in [4.78, 5) is 28.4. The van der Waals surface area contributed by atoms with Gasteiger partial charge in [-0.05, 0) is 53.4 Å². The minimum absolute atomic E-state index is 0.0129. The standard InChI is InChI=1S/C22H25BrN2O5/c1-12-18(22(28)25-6-8-30-9-7-25)19(20-15(24-12)4-3-5-16(20)26)13-10-14(23)21(27)17(11-13)29-2/h10-11,19,24,27H,3-9H2,1-2H3/t19-/m0/s1. The van der Waals surface area contributed by atoms with Gasteiger partial charge >= 0.3 is 0 Å². The predicted molar refractivity (Wildman–Crippen MR) is 114 cm³/mol. The second-order valence-corrected chi connectivity index (χ2v) is 8.58. The zero-order valence-electron chi connectivity index (χ0n) is 17.1. The van der Waals surface area contributed by atoms with Gasteiger partial charge in [-0.3, -0.25) is 9.59 Å². The summed E-state index contributed by atoms with van der Waals surface area (Å²) in [6.07, 6.45) is 2.02. The number of dihydropyridines is 1. The van der Waals surface area contributed by atoms with Crippen molar-refractivity contribution < 1.29 is 24.2 Å². The normalized spacial score (nSPS) is 22.0. The fraction of sp³-hybridized carbons (Fsp3) is 0.455. The topological polar surface area (TPSA) is 88.1 Å². The SMILES string of the molecule is COc1cc([C@H]2C(C(=O)N3CCOCC3)=C(C)NC3=C2C(=O)CCC3)cc(Br)c1O. The molecule has 1 saturated heterocycles. The highest BCUT2D eigenvalue weighted by molar-refractivity contribution is 9.10. The van der Waals surface area contributed by atoms with Crippen molar-refractivity contribution in [1.82, 2.24) is 10.2 Å². The van der Waals surface area contributed by atoms with Gasteiger partial charge in [0.2, 0.25) is 0 Å². The first-order valence-electron chi connectivity index (χ1n) is 10.1. The average molecular weight is 477 g/mol. The highest BCUT2D eigenvalue weighted by atomic mass is 79.9. The monoisotopic (exact) mass is 476 g/mol. The van der Waals surface area contributed by atoms with Crippen LogP contribution in [-0.4, -0.2) is 55.1 Å². The number of morpholine rings is 1. The Kier molecular flexibility index (Phi) is 5.88. The van der Waals surface area contributed by atoms with Crippen LogP contribution in [0.25, 0.3) is 0 Å². The van der Waals surface area contributed by atoms with Crippen LogP contribution in [0.1, 0.15) is 37.7 Å². The van der Waals surface area contributed by atoms with Gasteiger partial charge in [0, 0.05) is 48.0 Å². The van der Waals surface area contributed by atoms with Crippen molar-refractivity contribution in [3.05, 3.63) is 44.7 Å². The molecule has 1 aromatic carbocycles. The molecule has 0 saturated carbocycles. The molecule has 0 bridgehead atoms. The summed E-state index contributed by atoms with van der Waals surface area (Å²) in [5.74, 6) is -0.284. The fourth-order valence-electron chi connectivity index (χ4n) is 4.45. The van der Waals surface area contributed by atoms with Crippen molar-refractivity contribution in [2.45, 2.75) is 32.1 Å². The Morgan fingerprint density at radius 2 is 2.03 bits per heavy atom. The van der Waals surface area contributed by atoms with Gasteiger partial charge in [-0.15, -0.1) is 0 Å². The van der Waals surface area contributed by atoms with Crippen molar-refractivity contribution in [2.24, 2.45) is 0 Å². The van der Waals surface area contributed by atoms with E-state index in [2.05, 4.69) is 21.2 Å². The predicted octanol–water partition coefficient (Wildman–Crippen LogP) is 2.99. The van der Waals surface area contributed by atoms with Crippen molar-refractivity contribution in [3.63, 3.8) is 0 Å². The molecule has 4 rings (SSSR count). The van der Waals surface area contributed by atoms with E-state index in [0.717, 1.165) is 29.8 Å². The Labute approximate surface area is 183 Å². The number of benzene rings is 1. The number of ketones is 1. The van der Waals surface area contributed by atoms with E-state index in [9.17, 15) is 14.7 Å². The number of nitrogens with one attached hydrogen (secondary N) is 1. The molecule has 30 heavy (non-hydrogen) atoms. The molecular weight excluding hydrogens is 452 g/mol. The number of phenols is 1. The van der Waals surface area contributed by atoms with Crippen LogP contribution in [0, 0.1) is 0 Å². The lowest BCUT2D eigenvalue weighted by Crippen LogP contribution is -2.44. The number of aromatic hydroxyl groups is 1. The number of amides is 1. The van der Waals surface area contributed by atoms with Gasteiger partial charge in [0.05, 0.1) is 24.8 Å². The summed E-state index contributed by atoms with van der Waals surface area (Å²) < 4.78 is 11.2. The molecule has 0 spiro atoms. The maximum absolute atomic E-state index is 13.6. The number of phenolic OH excluding ortho intramolecular Hbond substituents is 1. The van der Waals surface area contributed by atoms with Crippen LogP contribution in [0.4, 0.5) is 0 Å². The second kappa shape index (κ2) is 8.43. The second-order valence-electron chi connectivity index (χ2n) is 7.72. The molecule has 1 aliphatic carbocycles. The van der Waals surface area contributed by atoms with Gasteiger partial charge < -0.3 is 24.8 Å². The lowest BCUT2D eigenvalue weighted by Gasteiger charge is -2.37. The van der Waals surface area contributed by atoms with E-state index in [4.69, 9.17) is 9.47 Å². The molecule has 1 fully saturated rings. The zero-order valence-corrected chi connectivity index (χ0v) is 18.7. The molecule has 1 amide bonds. The summed E-state index contributed by atoms with van der Waals surface area (Å²) in [6, 6.07) is 3.47. The molecule has 0 unspecified atom stereocenters. The Morgan fingerprint density at radius 3 is 2.73 bits per heavy atom. The van der Waals surface area contributed by atoms with E-state index in [1.807, 2.05) is 6.92 Å². The number of methoxy groups -OCH3 is 1. The number of carbonyl (C=O) groups is 2. The number of halogens is 1. The van der Waals surface area contributed by atoms with E-state index in [1.54, 1.807) is 17.0 Å². The number of rotatable bonds is 3. The van der Waals surface area contributed by atoms with E-state index < -0.39 is 5.92 Å². The molecule has 160 valence electrons. The van der Waals surface area contributed by atoms with Crippen LogP contribution in [0.15, 0.2) is 39.1 Å². The summed E-state index contributed by atoms with van der Waals surface area (Å²) in [7, 11) is 1.48. The average Bonchev–Trinajstić information content (AvgIpc) is 2.75. The molecular formula is C22H25BrN2O5. The number of allylic oxidation sites excluding steroid dienone is 3. The van der Waals surface area contributed by atoms with Crippen LogP contribution >= 0.6 is 15.9 Å². The number of carbonyl (C=O) groups excluding carboxylic acids is 2. The third-order valence-electron chi connectivity index (χ3n) is 5.91. The minimum atomic E-state index is -0.518. The van der Waals surface area contributed by atoms with Crippen LogP contribution in [0.5, 0.6) is 11.5 Å². The molecule has 0 aromatic heterocycles. The Balaban J connectivity index is 1.87. The van der Waals surface area contributed by atoms with Crippen molar-refractivity contribution in [1.29, 1.82) is 0 Å². The third-order valence-corrected chi connectivity index (χ3v) is 6.51. The number of hydrogen-bond acceptors (Lipinski definition) is 6. The van der Waals surface area contributed by atoms with E-state index >= 15 is 0 Å². The van der Waals surface area contributed by atoms with E-state index in [0.29, 0.717) is 54.1 Å². The quantitative estimate of drug-likeness (QED) is 0.696. The van der Waals surface area contributed by atoms with Gasteiger partial charge in [-0.1, -0.05) is 0 Å². The molecule has 8 heteroatoms. The Morgan fingerprint density at radius 1 is 1.30 bits per heavy atom. The lowest BCUT2D eigenvalue weighted by molar-refractivity contribution is -0.131. The molecule has 1 aromatic rings. The minimum Gasteiger partial charge on any atom is -0.503 e. The van der Waals surface area contributed by atoms with Gasteiger partial charge in [-0.25, -0.2) is 0 Å². The number of hydrogen-bond donors (Lipinski definition) is 2. The smallest absolute Gasteiger partial charge is 0.252 e. The molecule has 3 aliphatic rings. The summed E-state index contributed by atoms with van der Waals surface area (Å²) in [5.41, 5.74) is 3.58. The molecule has 2 heterocycles. The molecule has 7 nitrogen and oxygen atoms in total. The van der Waals surface area contributed by atoms with Gasteiger partial charge in [0.1, 0.15) is 0 Å². The van der Waals surface area contributed by atoms with Crippen molar-refractivity contribution >= 4 is 27.6 Å². The van der Waals surface area contributed by atoms with E-state index in [1.165, 1.54) is 7.11 Å². The maximum Gasteiger partial charge on any atom is 0.252 e.